The molecule has 0 aliphatic carbocycles. The molecule has 2 heterocycles. The Bertz CT molecular complexity index is 1470. The molecule has 4 aromatic rings. The van der Waals surface area contributed by atoms with Gasteiger partial charge in [0, 0.05) is 40.2 Å². The largest absolute Gasteiger partial charge is 0.377 e. The van der Waals surface area contributed by atoms with Crippen molar-refractivity contribution < 1.29 is 13.2 Å². The third kappa shape index (κ3) is 5.16. The van der Waals surface area contributed by atoms with Crippen LogP contribution in [-0.2, 0) is 14.8 Å². The molecule has 0 spiro atoms. The van der Waals surface area contributed by atoms with Gasteiger partial charge in [-0.3, -0.25) is 0 Å². The molecule has 9 heteroatoms. The maximum absolute atomic E-state index is 13.1. The standard InChI is InChI=1S/C26H25ClN4O3S/c1-17-8-9-18(15-24(17)35(32,33)28-16-21-5-4-14-34-21)25-22-6-2-3-7-23(22)26(31-30-25)29-20-12-10-19(27)11-13-20/h2-3,6-13,15,21,28H,4-5,14,16H2,1H3,(H,29,31)/t21-/m1/s1. The van der Waals surface area contributed by atoms with E-state index in [2.05, 4.69) is 20.2 Å². The first-order valence-corrected chi connectivity index (χ1v) is 13.3. The van der Waals surface area contributed by atoms with Crippen molar-refractivity contribution in [3.63, 3.8) is 0 Å². The summed E-state index contributed by atoms with van der Waals surface area (Å²) in [6, 6.07) is 20.4. The predicted molar refractivity (Wildman–Crippen MR) is 139 cm³/mol. The van der Waals surface area contributed by atoms with E-state index in [1.807, 2.05) is 42.5 Å². The number of nitrogens with one attached hydrogen (secondary N) is 2. The summed E-state index contributed by atoms with van der Waals surface area (Å²) in [5.41, 5.74) is 2.78. The number of ether oxygens (including phenoxy) is 1. The Hall–Kier alpha value is -3.04. The Labute approximate surface area is 209 Å². The van der Waals surface area contributed by atoms with Crippen molar-refractivity contribution >= 4 is 43.9 Å². The zero-order chi connectivity index (χ0) is 24.4. The highest BCUT2D eigenvalue weighted by Crippen LogP contribution is 2.33. The van der Waals surface area contributed by atoms with Gasteiger partial charge in [-0.2, -0.15) is 0 Å². The predicted octanol–water partition coefficient (Wildman–Crippen LogP) is 5.46. The van der Waals surface area contributed by atoms with Gasteiger partial charge in [-0.15, -0.1) is 10.2 Å². The number of hydrogen-bond acceptors (Lipinski definition) is 6. The average Bonchev–Trinajstić information content (AvgIpc) is 3.39. The van der Waals surface area contributed by atoms with E-state index in [1.165, 1.54) is 0 Å². The van der Waals surface area contributed by atoms with Crippen molar-refractivity contribution in [3.8, 4) is 11.3 Å². The van der Waals surface area contributed by atoms with Gasteiger partial charge in [0.15, 0.2) is 5.82 Å². The minimum Gasteiger partial charge on any atom is -0.377 e. The van der Waals surface area contributed by atoms with Crippen molar-refractivity contribution in [3.05, 3.63) is 77.3 Å². The number of hydrogen-bond donors (Lipinski definition) is 2. The van der Waals surface area contributed by atoms with Crippen molar-refractivity contribution in [2.45, 2.75) is 30.8 Å². The Morgan fingerprint density at radius 3 is 2.54 bits per heavy atom. The molecule has 2 N–H and O–H groups in total. The second-order valence-electron chi connectivity index (χ2n) is 8.54. The molecule has 7 nitrogen and oxygen atoms in total. The van der Waals surface area contributed by atoms with Gasteiger partial charge in [-0.1, -0.05) is 48.0 Å². The van der Waals surface area contributed by atoms with E-state index in [0.717, 1.165) is 29.3 Å². The Balaban J connectivity index is 1.50. The Kier molecular flexibility index (Phi) is 6.71. The van der Waals surface area contributed by atoms with Gasteiger partial charge in [0.2, 0.25) is 10.0 Å². The van der Waals surface area contributed by atoms with E-state index in [-0.39, 0.29) is 17.5 Å². The number of fused-ring (bicyclic) bond motifs is 1. The summed E-state index contributed by atoms with van der Waals surface area (Å²) in [5, 5.41) is 14.6. The second kappa shape index (κ2) is 9.91. The molecule has 0 unspecified atom stereocenters. The molecule has 0 radical (unpaired) electrons. The van der Waals surface area contributed by atoms with Crippen molar-refractivity contribution in [1.82, 2.24) is 14.9 Å². The quantitative estimate of drug-likeness (QED) is 0.344. The summed E-state index contributed by atoms with van der Waals surface area (Å²) in [4.78, 5) is 0.224. The lowest BCUT2D eigenvalue weighted by atomic mass is 10.0. The monoisotopic (exact) mass is 508 g/mol. The first-order chi connectivity index (χ1) is 16.9. The van der Waals surface area contributed by atoms with Crippen LogP contribution in [0.2, 0.25) is 5.02 Å². The molecule has 1 atom stereocenters. The number of aryl methyl sites for hydroxylation is 1. The van der Waals surface area contributed by atoms with Crippen LogP contribution in [0.4, 0.5) is 11.5 Å². The van der Waals surface area contributed by atoms with Crippen LogP contribution in [0.1, 0.15) is 18.4 Å². The molecule has 1 fully saturated rings. The van der Waals surface area contributed by atoms with Gasteiger partial charge >= 0.3 is 0 Å². The number of aromatic nitrogens is 2. The third-order valence-corrected chi connectivity index (χ3v) is 7.89. The molecule has 35 heavy (non-hydrogen) atoms. The number of halogens is 1. The van der Waals surface area contributed by atoms with E-state index in [0.29, 0.717) is 34.3 Å². The molecule has 1 aliphatic heterocycles. The van der Waals surface area contributed by atoms with E-state index in [1.54, 1.807) is 31.2 Å². The lowest BCUT2D eigenvalue weighted by Crippen LogP contribution is -2.32. The zero-order valence-electron chi connectivity index (χ0n) is 19.2. The molecule has 1 saturated heterocycles. The summed E-state index contributed by atoms with van der Waals surface area (Å²) in [7, 11) is -3.72. The highest BCUT2D eigenvalue weighted by Gasteiger charge is 2.23. The Morgan fingerprint density at radius 2 is 1.80 bits per heavy atom. The van der Waals surface area contributed by atoms with Crippen molar-refractivity contribution in [1.29, 1.82) is 0 Å². The minimum absolute atomic E-state index is 0.0799. The summed E-state index contributed by atoms with van der Waals surface area (Å²) >= 11 is 6.00. The normalized spacial score (nSPS) is 16.0. The summed E-state index contributed by atoms with van der Waals surface area (Å²) in [5.74, 6) is 0.602. The van der Waals surface area contributed by atoms with Gasteiger partial charge in [0.1, 0.15) is 5.69 Å². The highest BCUT2D eigenvalue weighted by molar-refractivity contribution is 7.89. The van der Waals surface area contributed by atoms with Crippen LogP contribution in [0, 0.1) is 6.92 Å². The van der Waals surface area contributed by atoms with E-state index in [9.17, 15) is 8.42 Å². The van der Waals surface area contributed by atoms with E-state index in [4.69, 9.17) is 16.3 Å². The van der Waals surface area contributed by atoms with Gasteiger partial charge in [0.25, 0.3) is 0 Å². The number of benzene rings is 3. The first-order valence-electron chi connectivity index (χ1n) is 11.4. The lowest BCUT2D eigenvalue weighted by Gasteiger charge is -2.15. The fourth-order valence-electron chi connectivity index (χ4n) is 4.20. The maximum atomic E-state index is 13.1. The highest BCUT2D eigenvalue weighted by atomic mass is 35.5. The van der Waals surface area contributed by atoms with Crippen LogP contribution < -0.4 is 10.0 Å². The molecule has 0 saturated carbocycles. The van der Waals surface area contributed by atoms with Gasteiger partial charge in [-0.25, -0.2) is 13.1 Å². The minimum atomic E-state index is -3.72. The SMILES string of the molecule is Cc1ccc(-c2nnc(Nc3ccc(Cl)cc3)c3ccccc23)cc1S(=O)(=O)NC[C@H]1CCCO1. The molecule has 0 amide bonds. The zero-order valence-corrected chi connectivity index (χ0v) is 20.7. The molecule has 1 aliphatic rings. The molecular weight excluding hydrogens is 484 g/mol. The average molecular weight is 509 g/mol. The summed E-state index contributed by atoms with van der Waals surface area (Å²) < 4.78 is 34.5. The van der Waals surface area contributed by atoms with Crippen molar-refractivity contribution in [2.75, 3.05) is 18.5 Å². The van der Waals surface area contributed by atoms with Crippen LogP contribution in [0.25, 0.3) is 22.0 Å². The summed E-state index contributed by atoms with van der Waals surface area (Å²) in [6.07, 6.45) is 1.73. The number of sulfonamides is 1. The van der Waals surface area contributed by atoms with Gasteiger partial charge in [0.05, 0.1) is 11.0 Å². The van der Waals surface area contributed by atoms with Crippen LogP contribution in [0.5, 0.6) is 0 Å². The molecule has 180 valence electrons. The maximum Gasteiger partial charge on any atom is 0.240 e. The molecule has 3 aromatic carbocycles. The molecule has 0 bridgehead atoms. The first kappa shape index (κ1) is 23.7. The third-order valence-electron chi connectivity index (χ3n) is 6.07. The van der Waals surface area contributed by atoms with Crippen LogP contribution in [0.3, 0.4) is 0 Å². The van der Waals surface area contributed by atoms with Crippen LogP contribution in [0.15, 0.2) is 71.6 Å². The van der Waals surface area contributed by atoms with Gasteiger partial charge < -0.3 is 10.1 Å². The van der Waals surface area contributed by atoms with Crippen molar-refractivity contribution in [2.24, 2.45) is 0 Å². The number of rotatable bonds is 7. The van der Waals surface area contributed by atoms with Gasteiger partial charge in [-0.05, 0) is 55.7 Å². The van der Waals surface area contributed by atoms with Crippen LogP contribution >= 0.6 is 11.6 Å². The Morgan fingerprint density at radius 1 is 1.03 bits per heavy atom. The van der Waals surface area contributed by atoms with Crippen LogP contribution in [-0.4, -0.2) is 37.9 Å². The fourth-order valence-corrected chi connectivity index (χ4v) is 5.66. The molecule has 5 rings (SSSR count). The van der Waals surface area contributed by atoms with E-state index >= 15 is 0 Å². The molecule has 1 aromatic heterocycles. The van der Waals surface area contributed by atoms with E-state index < -0.39 is 10.0 Å². The lowest BCUT2D eigenvalue weighted by molar-refractivity contribution is 0.114. The summed E-state index contributed by atoms with van der Waals surface area (Å²) in [6.45, 7) is 2.72. The number of nitrogens with zero attached hydrogens (tertiary/aromatic N) is 2. The molecular formula is C26H25ClN4O3S. The number of anilines is 2. The fraction of sp³-hybridized carbons (Fsp3) is 0.231. The topological polar surface area (TPSA) is 93.2 Å². The smallest absolute Gasteiger partial charge is 0.240 e. The second-order valence-corrected chi connectivity index (χ2v) is 10.7.